The number of morpholine rings is 1. The quantitative estimate of drug-likeness (QED) is 0.842. The lowest BCUT2D eigenvalue weighted by molar-refractivity contribution is -0.0818. The molecule has 1 aliphatic heterocycles. The molecule has 1 saturated carbocycles. The molecule has 0 aromatic heterocycles. The predicted octanol–water partition coefficient (Wildman–Crippen LogP) is 3.29. The lowest BCUT2D eigenvalue weighted by atomic mass is 9.69. The smallest absolute Gasteiger partial charge is 0.0678 e. The van der Waals surface area contributed by atoms with E-state index in [2.05, 4.69) is 44.8 Å². The van der Waals surface area contributed by atoms with E-state index in [1.165, 1.54) is 38.8 Å². The minimum atomic E-state index is 0.380. The molecule has 3 nitrogen and oxygen atoms in total. The van der Waals surface area contributed by atoms with Gasteiger partial charge in [-0.15, -0.1) is 0 Å². The number of nitrogens with one attached hydrogen (secondary N) is 1. The minimum Gasteiger partial charge on any atom is -0.373 e. The third kappa shape index (κ3) is 5.22. The van der Waals surface area contributed by atoms with Crippen molar-refractivity contribution in [3.8, 4) is 0 Å². The zero-order valence-electron chi connectivity index (χ0n) is 14.8. The van der Waals surface area contributed by atoms with Gasteiger partial charge in [0, 0.05) is 32.2 Å². The fraction of sp³-hybridized carbons (Fsp3) is 1.00. The zero-order valence-corrected chi connectivity index (χ0v) is 14.8. The summed E-state index contributed by atoms with van der Waals surface area (Å²) in [6, 6.07) is 0.585. The number of hydrogen-bond acceptors (Lipinski definition) is 3. The second-order valence-corrected chi connectivity index (χ2v) is 8.19. The molecule has 0 radical (unpaired) electrons. The molecule has 0 aromatic rings. The fourth-order valence-corrected chi connectivity index (χ4v) is 4.44. The Morgan fingerprint density at radius 1 is 1.19 bits per heavy atom. The number of nitrogens with zero attached hydrogens (tertiary/aromatic N) is 1. The average Bonchev–Trinajstić information content (AvgIpc) is 2.35. The van der Waals surface area contributed by atoms with Gasteiger partial charge in [-0.1, -0.05) is 33.6 Å². The molecule has 1 N–H and O–H groups in total. The van der Waals surface area contributed by atoms with Crippen LogP contribution in [-0.4, -0.2) is 49.3 Å². The topological polar surface area (TPSA) is 24.5 Å². The summed E-state index contributed by atoms with van der Waals surface area (Å²) in [5, 5.41) is 3.73. The van der Waals surface area contributed by atoms with Gasteiger partial charge in [0.2, 0.25) is 0 Å². The first kappa shape index (κ1) is 17.2. The lowest BCUT2D eigenvalue weighted by Crippen LogP contribution is -2.53. The van der Waals surface area contributed by atoms with Gasteiger partial charge in [0.25, 0.3) is 0 Å². The highest BCUT2D eigenvalue weighted by atomic mass is 16.5. The van der Waals surface area contributed by atoms with Crippen molar-refractivity contribution in [1.29, 1.82) is 0 Å². The fourth-order valence-electron chi connectivity index (χ4n) is 4.44. The summed E-state index contributed by atoms with van der Waals surface area (Å²) in [6.45, 7) is 16.0. The molecule has 4 unspecified atom stereocenters. The van der Waals surface area contributed by atoms with Crippen LogP contribution in [0.3, 0.4) is 0 Å². The Bertz CT molecular complexity index is 310. The van der Waals surface area contributed by atoms with E-state index in [-0.39, 0.29) is 0 Å². The first-order valence-corrected chi connectivity index (χ1v) is 9.00. The van der Waals surface area contributed by atoms with E-state index in [1.807, 2.05) is 0 Å². The molecule has 1 saturated heterocycles. The van der Waals surface area contributed by atoms with Crippen LogP contribution in [0.15, 0.2) is 0 Å². The first-order chi connectivity index (χ1) is 9.88. The summed E-state index contributed by atoms with van der Waals surface area (Å²) in [7, 11) is 0. The summed E-state index contributed by atoms with van der Waals surface area (Å²) in [4.78, 5) is 2.67. The van der Waals surface area contributed by atoms with Gasteiger partial charge in [-0.3, -0.25) is 4.90 Å². The van der Waals surface area contributed by atoms with Gasteiger partial charge in [-0.05, 0) is 38.0 Å². The van der Waals surface area contributed by atoms with Gasteiger partial charge >= 0.3 is 0 Å². The molecule has 2 aliphatic rings. The van der Waals surface area contributed by atoms with Crippen molar-refractivity contribution < 1.29 is 4.74 Å². The lowest BCUT2D eigenvalue weighted by Gasteiger charge is -2.46. The van der Waals surface area contributed by atoms with Crippen LogP contribution in [-0.2, 0) is 4.74 Å². The molecule has 1 heterocycles. The molecule has 21 heavy (non-hydrogen) atoms. The van der Waals surface area contributed by atoms with E-state index in [4.69, 9.17) is 4.74 Å². The van der Waals surface area contributed by atoms with Crippen LogP contribution in [0.5, 0.6) is 0 Å². The van der Waals surface area contributed by atoms with Crippen molar-refractivity contribution in [2.24, 2.45) is 11.3 Å². The van der Waals surface area contributed by atoms with E-state index in [0.717, 1.165) is 19.0 Å². The van der Waals surface area contributed by atoms with Crippen molar-refractivity contribution in [2.45, 2.75) is 78.6 Å². The zero-order chi connectivity index (χ0) is 15.5. The van der Waals surface area contributed by atoms with Gasteiger partial charge in [0.05, 0.1) is 12.2 Å². The van der Waals surface area contributed by atoms with Gasteiger partial charge in [0.15, 0.2) is 0 Å². The molecule has 3 heteroatoms. The molecule has 0 bridgehead atoms. The Kier molecular flexibility index (Phi) is 6.10. The normalized spacial score (nSPS) is 38.9. The maximum Gasteiger partial charge on any atom is 0.0678 e. The molecule has 2 rings (SSSR count). The van der Waals surface area contributed by atoms with E-state index in [9.17, 15) is 0 Å². The van der Waals surface area contributed by atoms with Gasteiger partial charge in [0.1, 0.15) is 0 Å². The maximum absolute atomic E-state index is 5.90. The summed E-state index contributed by atoms with van der Waals surface area (Å²) in [6.07, 6.45) is 6.34. The van der Waals surface area contributed by atoms with Gasteiger partial charge in [-0.25, -0.2) is 0 Å². The molecule has 0 aromatic carbocycles. The molecular weight excluding hydrogens is 260 g/mol. The van der Waals surface area contributed by atoms with E-state index >= 15 is 0 Å². The second kappa shape index (κ2) is 7.43. The number of hydrogen-bond donors (Lipinski definition) is 1. The van der Waals surface area contributed by atoms with Crippen molar-refractivity contribution >= 4 is 0 Å². The highest BCUT2D eigenvalue weighted by Gasteiger charge is 2.37. The van der Waals surface area contributed by atoms with Crippen LogP contribution < -0.4 is 5.32 Å². The van der Waals surface area contributed by atoms with E-state index in [0.29, 0.717) is 23.7 Å². The Hall–Kier alpha value is -0.120. The summed E-state index contributed by atoms with van der Waals surface area (Å²) in [5.41, 5.74) is 0.471. The highest BCUT2D eigenvalue weighted by molar-refractivity contribution is 4.91. The second-order valence-electron chi connectivity index (χ2n) is 8.19. The Morgan fingerprint density at radius 2 is 1.86 bits per heavy atom. The van der Waals surface area contributed by atoms with Crippen LogP contribution in [0, 0.1) is 11.3 Å². The molecular formula is C18H36N2O. The molecule has 0 spiro atoms. The van der Waals surface area contributed by atoms with Crippen molar-refractivity contribution in [2.75, 3.05) is 26.2 Å². The standard InChI is InChI=1S/C18H36N2O/c1-14(2)19-12-18(8-6-7-15(3)9-18)13-20-10-16(4)21-17(5)11-20/h14-17,19H,6-13H2,1-5H3. The van der Waals surface area contributed by atoms with Crippen LogP contribution >= 0.6 is 0 Å². The third-order valence-corrected chi connectivity index (χ3v) is 5.13. The molecule has 2 fully saturated rings. The average molecular weight is 296 g/mol. The monoisotopic (exact) mass is 296 g/mol. The maximum atomic E-state index is 5.90. The third-order valence-electron chi connectivity index (χ3n) is 5.13. The number of ether oxygens (including phenoxy) is 1. The van der Waals surface area contributed by atoms with Crippen LogP contribution in [0.1, 0.15) is 60.3 Å². The predicted molar refractivity (Wildman–Crippen MR) is 89.7 cm³/mol. The Labute approximate surface area is 131 Å². The van der Waals surface area contributed by atoms with Crippen molar-refractivity contribution in [3.63, 3.8) is 0 Å². The SMILES string of the molecule is CC1CCCC(CNC(C)C)(CN2CC(C)OC(C)C2)C1. The molecule has 1 aliphatic carbocycles. The Balaban J connectivity index is 2.00. The first-order valence-electron chi connectivity index (χ1n) is 9.00. The van der Waals surface area contributed by atoms with Gasteiger partial charge < -0.3 is 10.1 Å². The van der Waals surface area contributed by atoms with Crippen LogP contribution in [0.25, 0.3) is 0 Å². The summed E-state index contributed by atoms with van der Waals surface area (Å²) < 4.78 is 5.90. The highest BCUT2D eigenvalue weighted by Crippen LogP contribution is 2.40. The minimum absolute atomic E-state index is 0.380. The van der Waals surface area contributed by atoms with E-state index < -0.39 is 0 Å². The number of rotatable bonds is 5. The summed E-state index contributed by atoms with van der Waals surface area (Å²) >= 11 is 0. The summed E-state index contributed by atoms with van der Waals surface area (Å²) in [5.74, 6) is 0.878. The van der Waals surface area contributed by atoms with E-state index in [1.54, 1.807) is 0 Å². The van der Waals surface area contributed by atoms with Crippen molar-refractivity contribution in [3.05, 3.63) is 0 Å². The molecule has 124 valence electrons. The van der Waals surface area contributed by atoms with Crippen molar-refractivity contribution in [1.82, 2.24) is 10.2 Å². The molecule has 0 amide bonds. The van der Waals surface area contributed by atoms with Gasteiger partial charge in [-0.2, -0.15) is 0 Å². The van der Waals surface area contributed by atoms with Crippen LogP contribution in [0.4, 0.5) is 0 Å². The van der Waals surface area contributed by atoms with Crippen LogP contribution in [0.2, 0.25) is 0 Å². The molecule has 4 atom stereocenters. The largest absolute Gasteiger partial charge is 0.373 e. The Morgan fingerprint density at radius 3 is 2.43 bits per heavy atom.